The van der Waals surface area contributed by atoms with Crippen molar-refractivity contribution in [1.29, 1.82) is 0 Å². The summed E-state index contributed by atoms with van der Waals surface area (Å²) in [5, 5.41) is 64.3. The van der Waals surface area contributed by atoms with E-state index in [-0.39, 0.29) is 24.5 Å². The quantitative estimate of drug-likeness (QED) is 0.0132. The predicted octanol–water partition coefficient (Wildman–Crippen LogP) is 14.1. The van der Waals surface area contributed by atoms with Crippen molar-refractivity contribution in [2.75, 3.05) is 77.6 Å². The molecule has 6 rings (SSSR count). The molecule has 0 atom stereocenters. The van der Waals surface area contributed by atoms with Crippen molar-refractivity contribution in [3.63, 3.8) is 0 Å². The number of methoxy groups -OCH3 is 4. The van der Waals surface area contributed by atoms with Crippen LogP contribution in [0, 0.1) is 20.2 Å². The largest absolute Gasteiger partial charge is 0.524 e. The summed E-state index contributed by atoms with van der Waals surface area (Å²) in [6, 6.07) is 31.6. The number of azo groups is 4. The molecule has 0 spiro atoms. The molecule has 0 unspecified atom stereocenters. The fraction of sp³-hybridized carbons (Fsp3) is 0.294. The lowest BCUT2D eigenvalue weighted by Crippen LogP contribution is -2.34. The Balaban J connectivity index is 0.000000325. The Morgan fingerprint density at radius 2 is 0.696 bits per heavy atom. The molecule has 41 heteroatoms. The van der Waals surface area contributed by atoms with Crippen molar-refractivity contribution in [3.8, 4) is 23.0 Å². The SMILES string of the molecule is CCN(CCO)c1ccc(N=Nc2cc(OC)c(N=Nc3ccc([N+](=O)[O-])cc3)cc2OC)cc1.CCN(CCOS(=O)(=O)C(F)(F)F)c1ccc(N=Nc2cc(OC)c(N=Nc3ccc([N+](=O)[O-])cc3)cc2OC)cc1.O=S(=O)(OS(=O)(=O)C(F)(F)F)C(F)(F)F. The van der Waals surface area contributed by atoms with E-state index in [9.17, 15) is 90.1 Å². The zero-order chi connectivity index (χ0) is 68.8. The second-order valence-corrected chi connectivity index (χ2v) is 22.1. The number of anilines is 2. The number of non-ortho nitro benzene ring substituents is 2. The van der Waals surface area contributed by atoms with Gasteiger partial charge >= 0.3 is 46.9 Å². The van der Waals surface area contributed by atoms with Crippen molar-refractivity contribution in [1.82, 2.24) is 0 Å². The maximum Gasteiger partial charge on any atom is 0.524 e. The van der Waals surface area contributed by atoms with Crippen molar-refractivity contribution >= 4 is 98.6 Å². The third kappa shape index (κ3) is 21.6. The van der Waals surface area contributed by atoms with E-state index < -0.39 is 63.3 Å². The predicted molar refractivity (Wildman–Crippen MR) is 310 cm³/mol. The van der Waals surface area contributed by atoms with E-state index in [0.29, 0.717) is 87.3 Å². The van der Waals surface area contributed by atoms with Gasteiger partial charge in [0.1, 0.15) is 45.7 Å². The topological polar surface area (TPSA) is 370 Å². The van der Waals surface area contributed by atoms with Crippen molar-refractivity contribution in [3.05, 3.63) is 142 Å². The zero-order valence-electron chi connectivity index (χ0n) is 48.3. The van der Waals surface area contributed by atoms with Crippen LogP contribution in [-0.2, 0) is 38.2 Å². The fourth-order valence-corrected chi connectivity index (χ4v) is 8.80. The van der Waals surface area contributed by atoms with E-state index in [4.69, 9.17) is 18.9 Å². The molecule has 0 radical (unpaired) electrons. The number of ether oxygens (including phenoxy) is 4. The lowest BCUT2D eigenvalue weighted by molar-refractivity contribution is -0.385. The van der Waals surface area contributed by atoms with Crippen molar-refractivity contribution in [2.24, 2.45) is 40.9 Å². The van der Waals surface area contributed by atoms with Crippen molar-refractivity contribution in [2.45, 2.75) is 30.4 Å². The molecule has 0 aliphatic carbocycles. The molecule has 1 N–H and O–H groups in total. The highest BCUT2D eigenvalue weighted by molar-refractivity contribution is 8.00. The van der Waals surface area contributed by atoms with Crippen LogP contribution in [0.3, 0.4) is 0 Å². The van der Waals surface area contributed by atoms with Crippen LogP contribution in [0.5, 0.6) is 23.0 Å². The minimum Gasteiger partial charge on any atom is -0.494 e. The van der Waals surface area contributed by atoms with E-state index >= 15 is 0 Å². The standard InChI is InChI=1S/C25H25F3N6O7S.C24H26N6O5.C2F6O5S2/c1-4-33(13-14-41-42(37,38)25(26,27)28)19-9-5-17(6-10-19)29-31-21-15-24(40-3)22(16-23(21)39-2)32-30-18-7-11-20(12-8-18)34(35)36;1-4-29(13-14-31)19-9-5-17(6-10-19)25-27-21-15-24(35-3)22(16-23(21)34-2)28-26-18-7-11-20(12-8-18)30(32)33;3-1(4,5)14(9,10)13-15(11,12)2(6,7)8/h5-12,15-16H,4,13-14H2,1-3H3;5-12,15-16,31H,4,13-14H2,1-3H3;. The number of alkyl halides is 9. The number of benzene rings is 6. The molecule has 0 saturated heterocycles. The lowest BCUT2D eigenvalue weighted by Gasteiger charge is -2.23. The first-order valence-corrected chi connectivity index (χ1v) is 29.6. The molecular weight excluding hydrogens is 1320 g/mol. The van der Waals surface area contributed by atoms with Gasteiger partial charge in [0.05, 0.1) is 74.2 Å². The van der Waals surface area contributed by atoms with Gasteiger partial charge in [-0.2, -0.15) is 85.2 Å². The third-order valence-corrected chi connectivity index (χ3v) is 15.0. The Kier molecular flexibility index (Phi) is 26.8. The molecule has 0 fully saturated rings. The van der Waals surface area contributed by atoms with Gasteiger partial charge in [0.15, 0.2) is 0 Å². The van der Waals surface area contributed by atoms with Crippen LogP contribution in [0.2, 0.25) is 0 Å². The zero-order valence-corrected chi connectivity index (χ0v) is 50.7. The van der Waals surface area contributed by atoms with Gasteiger partial charge in [-0.3, -0.25) is 24.4 Å². The molecule has 0 amide bonds. The first-order valence-electron chi connectivity index (χ1n) is 25.4. The maximum absolute atomic E-state index is 12.5. The molecule has 0 aliphatic heterocycles. The number of likely N-dealkylation sites (N-methyl/N-ethyl adjacent to an activating group) is 2. The summed E-state index contributed by atoms with van der Waals surface area (Å²) < 4.78 is 195. The number of hydrogen-bond acceptors (Lipinski definition) is 27. The number of nitrogens with zero attached hydrogens (tertiary/aromatic N) is 12. The van der Waals surface area contributed by atoms with Crippen LogP contribution >= 0.6 is 0 Å². The fourth-order valence-electron chi connectivity index (χ4n) is 6.81. The summed E-state index contributed by atoms with van der Waals surface area (Å²) in [6.07, 6.45) is 0. The number of hydrogen-bond donors (Lipinski definition) is 1. The van der Waals surface area contributed by atoms with Gasteiger partial charge in [-0.1, -0.05) is 0 Å². The molecule has 0 saturated carbocycles. The van der Waals surface area contributed by atoms with Gasteiger partial charge in [0.2, 0.25) is 0 Å². The maximum atomic E-state index is 12.5. The van der Waals surface area contributed by atoms with Gasteiger partial charge in [-0.05, 0) is 86.6 Å². The molecule has 29 nitrogen and oxygen atoms in total. The Bertz CT molecular complexity index is 3910. The monoisotopic (exact) mass is 1370 g/mol. The lowest BCUT2D eigenvalue weighted by atomic mass is 10.2. The van der Waals surface area contributed by atoms with Gasteiger partial charge < -0.3 is 33.9 Å². The highest BCUT2D eigenvalue weighted by Gasteiger charge is 2.57. The van der Waals surface area contributed by atoms with Crippen LogP contribution in [0.4, 0.5) is 108 Å². The number of nitro benzene ring substituents is 2. The summed E-state index contributed by atoms with van der Waals surface area (Å²) in [5.41, 5.74) is -13.1. The average Bonchev–Trinajstić information content (AvgIpc) is 0.809. The summed E-state index contributed by atoms with van der Waals surface area (Å²) in [4.78, 5) is 24.3. The molecule has 92 heavy (non-hydrogen) atoms. The van der Waals surface area contributed by atoms with Gasteiger partial charge in [0, 0.05) is 86.1 Å². The Morgan fingerprint density at radius 1 is 0.435 bits per heavy atom. The van der Waals surface area contributed by atoms with Crippen LogP contribution < -0.4 is 28.7 Å². The second-order valence-electron chi connectivity index (χ2n) is 17.2. The summed E-state index contributed by atoms with van der Waals surface area (Å²) in [6.45, 7) is 4.80. The van der Waals surface area contributed by atoms with E-state index in [0.717, 1.165) is 12.2 Å². The molecule has 6 aromatic carbocycles. The Labute approximate surface area is 516 Å². The highest BCUT2D eigenvalue weighted by atomic mass is 32.3. The molecule has 498 valence electrons. The van der Waals surface area contributed by atoms with Gasteiger partial charge in [-0.15, -0.1) is 24.1 Å². The smallest absolute Gasteiger partial charge is 0.494 e. The first kappa shape index (κ1) is 74.9. The summed E-state index contributed by atoms with van der Waals surface area (Å²) in [7, 11) is -13.5. The van der Waals surface area contributed by atoms with Gasteiger partial charge in [-0.25, -0.2) is 0 Å². The minimum atomic E-state index is -6.85. The second kappa shape index (κ2) is 32.9. The van der Waals surface area contributed by atoms with Crippen LogP contribution in [0.1, 0.15) is 13.8 Å². The van der Waals surface area contributed by atoms with E-state index in [2.05, 4.69) is 50.0 Å². The van der Waals surface area contributed by atoms with Crippen LogP contribution in [-0.4, -0.2) is 125 Å². The average molecular weight is 1370 g/mol. The Morgan fingerprint density at radius 3 is 0.924 bits per heavy atom. The first-order chi connectivity index (χ1) is 43.1. The van der Waals surface area contributed by atoms with E-state index in [1.165, 1.54) is 89.1 Å². The summed E-state index contributed by atoms with van der Waals surface area (Å²) >= 11 is 0. The number of rotatable bonds is 26. The van der Waals surface area contributed by atoms with E-state index in [1.54, 1.807) is 48.2 Å². The number of halogens is 9. The summed E-state index contributed by atoms with van der Waals surface area (Å²) in [5.74, 6) is 1.44. The minimum absolute atomic E-state index is 0.0274. The molecule has 0 aliphatic rings. The number of aliphatic hydroxyl groups excluding tert-OH is 1. The highest BCUT2D eigenvalue weighted by Crippen LogP contribution is 2.43. The van der Waals surface area contributed by atoms with Crippen LogP contribution in [0.25, 0.3) is 0 Å². The molecule has 6 aromatic rings. The van der Waals surface area contributed by atoms with Crippen molar-refractivity contribution < 1.29 is 106 Å². The molecular formula is C51H51F9N12O17S3. The molecule has 0 heterocycles. The molecule has 0 aromatic heterocycles. The van der Waals surface area contributed by atoms with Crippen LogP contribution in [0.15, 0.2) is 162 Å². The van der Waals surface area contributed by atoms with Gasteiger partial charge in [0.25, 0.3) is 11.4 Å². The number of aliphatic hydroxyl groups is 1. The van der Waals surface area contributed by atoms with E-state index in [1.807, 2.05) is 34.8 Å². The number of nitro groups is 2. The molecule has 0 bridgehead atoms. The third-order valence-electron chi connectivity index (χ3n) is 11.4. The Hall–Kier alpha value is -9.58. The normalized spacial score (nSPS) is 12.3.